The smallest absolute Gasteiger partial charge is 0.0823 e. The second kappa shape index (κ2) is 5.40. The van der Waals surface area contributed by atoms with Crippen LogP contribution in [0.3, 0.4) is 0 Å². The predicted molar refractivity (Wildman–Crippen MR) is 96.8 cm³/mol. The summed E-state index contributed by atoms with van der Waals surface area (Å²) in [5, 5.41) is 3.40. The number of benzene rings is 3. The van der Waals surface area contributed by atoms with E-state index in [1.807, 2.05) is 6.07 Å². The van der Waals surface area contributed by atoms with Gasteiger partial charge in [-0.05, 0) is 30.7 Å². The van der Waals surface area contributed by atoms with Crippen LogP contribution in [-0.4, -0.2) is 4.57 Å². The van der Waals surface area contributed by atoms with Crippen molar-refractivity contribution in [2.75, 3.05) is 0 Å². The number of pyridine rings is 1. The molecule has 112 valence electrons. The van der Waals surface area contributed by atoms with Crippen LogP contribution < -0.4 is 5.36 Å². The minimum absolute atomic E-state index is 1.02. The number of para-hydroxylation sites is 3. The van der Waals surface area contributed by atoms with Crippen molar-refractivity contribution in [1.29, 1.82) is 0 Å². The molecule has 0 bridgehead atoms. The largest absolute Gasteiger partial charge is 0.344 e. The Hall–Kier alpha value is -2.87. The fraction of sp³-hybridized carbons (Fsp3) is 0.0952. The Kier molecular flexibility index (Phi) is 3.23. The van der Waals surface area contributed by atoms with E-state index in [1.54, 1.807) is 0 Å². The lowest BCUT2D eigenvalue weighted by Gasteiger charge is -2.12. The molecule has 0 radical (unpaired) electrons. The van der Waals surface area contributed by atoms with Gasteiger partial charge in [-0.1, -0.05) is 54.6 Å². The number of aromatic nitrogens is 1. The Morgan fingerprint density at radius 1 is 0.696 bits per heavy atom. The monoisotopic (exact) mass is 298 g/mol. The molecular formula is C21H18N2. The van der Waals surface area contributed by atoms with Crippen molar-refractivity contribution in [2.45, 2.75) is 6.92 Å². The first kappa shape index (κ1) is 13.8. The summed E-state index contributed by atoms with van der Waals surface area (Å²) in [5.74, 6) is 0. The fourth-order valence-corrected chi connectivity index (χ4v) is 3.14. The Morgan fingerprint density at radius 3 is 1.83 bits per heavy atom. The van der Waals surface area contributed by atoms with Crippen molar-refractivity contribution < 1.29 is 0 Å². The average Bonchev–Trinajstić information content (AvgIpc) is 2.60. The lowest BCUT2D eigenvalue weighted by molar-refractivity contribution is 1.00. The molecule has 0 aliphatic rings. The molecule has 4 aromatic rings. The van der Waals surface area contributed by atoms with E-state index in [4.69, 9.17) is 4.99 Å². The highest BCUT2D eigenvalue weighted by Gasteiger charge is 2.06. The number of rotatable bonds is 1. The van der Waals surface area contributed by atoms with E-state index < -0.39 is 0 Å². The van der Waals surface area contributed by atoms with E-state index in [-0.39, 0.29) is 0 Å². The summed E-state index contributed by atoms with van der Waals surface area (Å²) in [5.41, 5.74) is 4.60. The van der Waals surface area contributed by atoms with Gasteiger partial charge in [-0.2, -0.15) is 0 Å². The SMILES string of the molecule is Cc1ccccc1N=c1c2ccccc2n(C)c2ccccc12. The summed E-state index contributed by atoms with van der Waals surface area (Å²) < 4.78 is 2.24. The van der Waals surface area contributed by atoms with Crippen LogP contribution >= 0.6 is 0 Å². The van der Waals surface area contributed by atoms with E-state index in [0.717, 1.165) is 11.0 Å². The lowest BCUT2D eigenvalue weighted by Crippen LogP contribution is -2.10. The molecule has 0 aliphatic carbocycles. The van der Waals surface area contributed by atoms with Crippen LogP contribution in [0.25, 0.3) is 21.8 Å². The zero-order valence-electron chi connectivity index (χ0n) is 13.3. The Balaban J connectivity index is 2.24. The molecule has 3 aromatic carbocycles. The van der Waals surface area contributed by atoms with Crippen LogP contribution in [0.15, 0.2) is 77.8 Å². The average molecular weight is 298 g/mol. The van der Waals surface area contributed by atoms with Crippen molar-refractivity contribution >= 4 is 27.5 Å². The van der Waals surface area contributed by atoms with Gasteiger partial charge in [0.2, 0.25) is 0 Å². The van der Waals surface area contributed by atoms with Crippen molar-refractivity contribution in [3.8, 4) is 0 Å². The van der Waals surface area contributed by atoms with Gasteiger partial charge in [0.1, 0.15) is 0 Å². The van der Waals surface area contributed by atoms with Gasteiger partial charge in [0.05, 0.1) is 22.1 Å². The third kappa shape index (κ3) is 2.23. The number of nitrogens with zero attached hydrogens (tertiary/aromatic N) is 2. The van der Waals surface area contributed by atoms with Gasteiger partial charge in [-0.25, -0.2) is 4.99 Å². The summed E-state index contributed by atoms with van der Waals surface area (Å²) >= 11 is 0. The highest BCUT2D eigenvalue weighted by molar-refractivity contribution is 5.93. The molecule has 1 heterocycles. The fourth-order valence-electron chi connectivity index (χ4n) is 3.14. The van der Waals surface area contributed by atoms with E-state index in [9.17, 15) is 0 Å². The molecule has 0 saturated heterocycles. The van der Waals surface area contributed by atoms with Crippen LogP contribution in [0.4, 0.5) is 5.69 Å². The van der Waals surface area contributed by atoms with E-state index in [2.05, 4.69) is 85.3 Å². The third-order valence-corrected chi connectivity index (χ3v) is 4.39. The molecule has 0 spiro atoms. The molecule has 4 rings (SSSR count). The highest BCUT2D eigenvalue weighted by Crippen LogP contribution is 2.21. The molecule has 0 atom stereocenters. The van der Waals surface area contributed by atoms with Gasteiger partial charge >= 0.3 is 0 Å². The Bertz CT molecular complexity index is 1030. The van der Waals surface area contributed by atoms with E-state index in [0.29, 0.717) is 0 Å². The van der Waals surface area contributed by atoms with Crippen LogP contribution in [0.2, 0.25) is 0 Å². The number of hydrogen-bond donors (Lipinski definition) is 0. The van der Waals surface area contributed by atoms with Gasteiger partial charge in [0.15, 0.2) is 0 Å². The maximum Gasteiger partial charge on any atom is 0.0823 e. The van der Waals surface area contributed by atoms with E-state index >= 15 is 0 Å². The van der Waals surface area contributed by atoms with Crippen molar-refractivity contribution in [2.24, 2.45) is 12.0 Å². The first-order valence-electron chi connectivity index (χ1n) is 7.82. The van der Waals surface area contributed by atoms with Crippen molar-refractivity contribution in [3.05, 3.63) is 83.7 Å². The van der Waals surface area contributed by atoms with Gasteiger partial charge in [0, 0.05) is 17.8 Å². The number of fused-ring (bicyclic) bond motifs is 2. The standard InChI is InChI=1S/C21H18N2/c1-15-9-3-6-12-18(15)22-21-16-10-4-7-13-19(16)23(2)20-14-8-5-11-17(20)21/h3-14H,1-2H3. The normalized spacial score (nSPS) is 11.0. The Morgan fingerprint density at radius 2 is 1.22 bits per heavy atom. The zero-order valence-corrected chi connectivity index (χ0v) is 13.3. The van der Waals surface area contributed by atoms with Gasteiger partial charge in [0.25, 0.3) is 0 Å². The van der Waals surface area contributed by atoms with Crippen molar-refractivity contribution in [3.63, 3.8) is 0 Å². The van der Waals surface area contributed by atoms with Crippen LogP contribution in [-0.2, 0) is 7.05 Å². The topological polar surface area (TPSA) is 17.3 Å². The van der Waals surface area contributed by atoms with Gasteiger partial charge in [-0.3, -0.25) is 0 Å². The Labute approximate surface area is 135 Å². The second-order valence-corrected chi connectivity index (χ2v) is 5.84. The first-order chi connectivity index (χ1) is 11.3. The summed E-state index contributed by atoms with van der Waals surface area (Å²) in [4.78, 5) is 5.02. The number of aryl methyl sites for hydroxylation is 2. The zero-order chi connectivity index (χ0) is 15.8. The summed E-state index contributed by atoms with van der Waals surface area (Å²) in [6, 6.07) is 25.2. The van der Waals surface area contributed by atoms with Crippen LogP contribution in [0.5, 0.6) is 0 Å². The number of hydrogen-bond acceptors (Lipinski definition) is 1. The van der Waals surface area contributed by atoms with E-state index in [1.165, 1.54) is 27.4 Å². The lowest BCUT2D eigenvalue weighted by atomic mass is 10.1. The van der Waals surface area contributed by atoms with Crippen LogP contribution in [0, 0.1) is 6.92 Å². The molecule has 0 saturated carbocycles. The second-order valence-electron chi connectivity index (χ2n) is 5.84. The molecule has 2 heteroatoms. The molecule has 0 aliphatic heterocycles. The van der Waals surface area contributed by atoms with Gasteiger partial charge < -0.3 is 4.57 Å². The molecule has 23 heavy (non-hydrogen) atoms. The molecule has 2 nitrogen and oxygen atoms in total. The summed E-state index contributed by atoms with van der Waals surface area (Å²) in [6.07, 6.45) is 0. The minimum Gasteiger partial charge on any atom is -0.344 e. The highest BCUT2D eigenvalue weighted by atomic mass is 14.9. The molecule has 0 N–H and O–H groups in total. The molecule has 1 aromatic heterocycles. The minimum atomic E-state index is 1.02. The molecule has 0 unspecified atom stereocenters. The third-order valence-electron chi connectivity index (χ3n) is 4.39. The predicted octanol–water partition coefficient (Wildman–Crippen LogP) is 4.87. The summed E-state index contributed by atoms with van der Waals surface area (Å²) in [7, 11) is 2.11. The molecular weight excluding hydrogens is 280 g/mol. The van der Waals surface area contributed by atoms with Crippen molar-refractivity contribution in [1.82, 2.24) is 4.57 Å². The molecule has 0 fully saturated rings. The first-order valence-corrected chi connectivity index (χ1v) is 7.82. The van der Waals surface area contributed by atoms with Crippen LogP contribution in [0.1, 0.15) is 5.56 Å². The maximum absolute atomic E-state index is 5.02. The van der Waals surface area contributed by atoms with Gasteiger partial charge in [-0.15, -0.1) is 0 Å². The maximum atomic E-state index is 5.02. The summed E-state index contributed by atoms with van der Waals surface area (Å²) in [6.45, 7) is 2.10. The molecule has 0 amide bonds. The quantitative estimate of drug-likeness (QED) is 0.446.